The van der Waals surface area contributed by atoms with Crippen LogP contribution in [0.1, 0.15) is 44.9 Å². The lowest BCUT2D eigenvalue weighted by molar-refractivity contribution is -0.118. The molecule has 0 radical (unpaired) electrons. The number of rotatable bonds is 5. The predicted molar refractivity (Wildman–Crippen MR) is 111 cm³/mol. The van der Waals surface area contributed by atoms with Gasteiger partial charge in [-0.3, -0.25) is 14.5 Å². The van der Waals surface area contributed by atoms with E-state index in [4.69, 9.17) is 4.42 Å². The Morgan fingerprint density at radius 2 is 1.79 bits per heavy atom. The van der Waals surface area contributed by atoms with Crippen LogP contribution in [-0.2, 0) is 9.59 Å². The van der Waals surface area contributed by atoms with Gasteiger partial charge in [-0.2, -0.15) is 0 Å². The number of aliphatic hydroxyl groups excluding tert-OH is 1. The molecule has 4 rings (SSSR count). The lowest BCUT2D eigenvalue weighted by Crippen LogP contribution is -2.33. The molecule has 152 valence electrons. The molecule has 6 heteroatoms. The van der Waals surface area contributed by atoms with Gasteiger partial charge in [0, 0.05) is 30.9 Å². The van der Waals surface area contributed by atoms with Crippen molar-refractivity contribution in [2.75, 3.05) is 22.9 Å². The molecule has 1 aromatic carbocycles. The maximum Gasteiger partial charge on any atom is 0.294 e. The number of benzene rings is 1. The molecule has 0 spiro atoms. The highest BCUT2D eigenvalue weighted by Crippen LogP contribution is 2.41. The first kappa shape index (κ1) is 19.3. The van der Waals surface area contributed by atoms with E-state index in [2.05, 4.69) is 11.8 Å². The summed E-state index contributed by atoms with van der Waals surface area (Å²) in [6, 6.07) is 10.4. The van der Waals surface area contributed by atoms with Gasteiger partial charge >= 0.3 is 0 Å². The number of aliphatic hydroxyl groups is 1. The Hall–Kier alpha value is -3.02. The number of amides is 1. The summed E-state index contributed by atoms with van der Waals surface area (Å²) >= 11 is 0. The predicted octanol–water partition coefficient (Wildman–Crippen LogP) is 4.40. The lowest BCUT2D eigenvalue weighted by Gasteiger charge is -2.32. The monoisotopic (exact) mass is 394 g/mol. The van der Waals surface area contributed by atoms with Gasteiger partial charge in [0.25, 0.3) is 5.91 Å². The first-order chi connectivity index (χ1) is 14.0. The minimum atomic E-state index is -0.758. The van der Waals surface area contributed by atoms with Crippen molar-refractivity contribution >= 4 is 23.1 Å². The van der Waals surface area contributed by atoms with Crippen molar-refractivity contribution in [3.8, 4) is 0 Å². The molecule has 1 amide bonds. The quantitative estimate of drug-likeness (QED) is 0.814. The second-order valence-corrected chi connectivity index (χ2v) is 7.82. The Kier molecular flexibility index (Phi) is 5.18. The van der Waals surface area contributed by atoms with Gasteiger partial charge in [0.2, 0.25) is 0 Å². The fourth-order valence-electron chi connectivity index (χ4n) is 4.15. The maximum absolute atomic E-state index is 12.9. The van der Waals surface area contributed by atoms with Crippen LogP contribution in [0.25, 0.3) is 0 Å². The van der Waals surface area contributed by atoms with Gasteiger partial charge < -0.3 is 14.4 Å². The van der Waals surface area contributed by atoms with E-state index < -0.39 is 17.7 Å². The lowest BCUT2D eigenvalue weighted by atomic mass is 9.98. The second-order valence-electron chi connectivity index (χ2n) is 7.82. The Bertz CT molecular complexity index is 922. The number of piperidine rings is 1. The number of carbonyl (C=O) groups excluding carboxylic acids is 2. The molecule has 0 bridgehead atoms. The number of carbonyl (C=O) groups is 2. The van der Waals surface area contributed by atoms with Crippen molar-refractivity contribution in [1.82, 2.24) is 0 Å². The Morgan fingerprint density at radius 1 is 1.14 bits per heavy atom. The first-order valence-corrected chi connectivity index (χ1v) is 10.2. The molecule has 2 aliphatic heterocycles. The summed E-state index contributed by atoms with van der Waals surface area (Å²) in [5, 5.41) is 10.5. The molecule has 0 saturated carbocycles. The molecular formula is C23H26N2O4. The van der Waals surface area contributed by atoms with Crippen LogP contribution < -0.4 is 9.80 Å². The largest absolute Gasteiger partial charge is 0.503 e. The van der Waals surface area contributed by atoms with E-state index in [-0.39, 0.29) is 17.8 Å². The summed E-state index contributed by atoms with van der Waals surface area (Å²) in [4.78, 5) is 29.2. The zero-order valence-corrected chi connectivity index (χ0v) is 16.8. The highest BCUT2D eigenvalue weighted by Gasteiger charge is 2.45. The van der Waals surface area contributed by atoms with Crippen LogP contribution in [0.2, 0.25) is 0 Å². The molecule has 2 aliphatic rings. The number of ketones is 1. The number of nitrogens with zero attached hydrogens (tertiary/aromatic N) is 2. The normalized spacial score (nSPS) is 20.6. The van der Waals surface area contributed by atoms with Crippen LogP contribution in [0.15, 0.2) is 58.4 Å². The Morgan fingerprint density at radius 3 is 2.38 bits per heavy atom. The fraction of sp³-hybridized carbons (Fsp3) is 0.391. The maximum atomic E-state index is 12.9. The van der Waals surface area contributed by atoms with Crippen LogP contribution in [-0.4, -0.2) is 29.9 Å². The average molecular weight is 394 g/mol. The summed E-state index contributed by atoms with van der Waals surface area (Å²) in [6.07, 6.45) is 4.05. The SMILES string of the molecule is CCC(=O)C1=C(O)C(=O)N(c2ccc(N3CCC(C)CC3)cc2)C1c1ccco1. The molecule has 6 nitrogen and oxygen atoms in total. The summed E-state index contributed by atoms with van der Waals surface area (Å²) in [5.74, 6) is -0.132. The molecule has 2 aromatic rings. The Labute approximate surface area is 170 Å². The van der Waals surface area contributed by atoms with E-state index in [1.807, 2.05) is 24.3 Å². The van der Waals surface area contributed by atoms with Crippen molar-refractivity contribution < 1.29 is 19.1 Å². The summed E-state index contributed by atoms with van der Waals surface area (Å²) in [6.45, 7) is 6.04. The van der Waals surface area contributed by atoms with Crippen LogP contribution in [0, 0.1) is 5.92 Å². The molecule has 29 heavy (non-hydrogen) atoms. The highest BCUT2D eigenvalue weighted by atomic mass is 16.3. The molecule has 1 N–H and O–H groups in total. The summed E-state index contributed by atoms with van der Waals surface area (Å²) in [5.41, 5.74) is 1.83. The first-order valence-electron chi connectivity index (χ1n) is 10.2. The molecular weight excluding hydrogens is 368 g/mol. The van der Waals surface area contributed by atoms with Gasteiger partial charge in [-0.05, 0) is 55.2 Å². The summed E-state index contributed by atoms with van der Waals surface area (Å²) < 4.78 is 5.52. The number of hydrogen-bond donors (Lipinski definition) is 1. The van der Waals surface area contributed by atoms with Crippen LogP contribution in [0.3, 0.4) is 0 Å². The minimum absolute atomic E-state index is 0.0987. The Balaban J connectivity index is 1.66. The number of furan rings is 1. The van der Waals surface area contributed by atoms with Crippen LogP contribution >= 0.6 is 0 Å². The fourth-order valence-corrected chi connectivity index (χ4v) is 4.15. The molecule has 3 heterocycles. The van der Waals surface area contributed by atoms with Gasteiger partial charge in [0.1, 0.15) is 11.8 Å². The van der Waals surface area contributed by atoms with Crippen LogP contribution in [0.5, 0.6) is 0 Å². The van der Waals surface area contributed by atoms with E-state index in [0.717, 1.165) is 24.7 Å². The van der Waals surface area contributed by atoms with Crippen LogP contribution in [0.4, 0.5) is 11.4 Å². The van der Waals surface area contributed by atoms with Gasteiger partial charge in [-0.1, -0.05) is 13.8 Å². The van der Waals surface area contributed by atoms with Crippen molar-refractivity contribution in [3.05, 3.63) is 59.8 Å². The van der Waals surface area contributed by atoms with Crippen molar-refractivity contribution in [3.63, 3.8) is 0 Å². The van der Waals surface area contributed by atoms with Gasteiger partial charge in [0.15, 0.2) is 11.5 Å². The average Bonchev–Trinajstić information content (AvgIpc) is 3.35. The standard InChI is InChI=1S/C23H26N2O4/c1-3-18(26)20-21(19-5-4-14-29-19)25(23(28)22(20)27)17-8-6-16(7-9-17)24-12-10-15(2)11-13-24/h4-9,14-15,21,27H,3,10-13H2,1-2H3. The van der Waals surface area contributed by atoms with Crippen molar-refractivity contribution in [1.29, 1.82) is 0 Å². The van der Waals surface area contributed by atoms with E-state index >= 15 is 0 Å². The zero-order valence-electron chi connectivity index (χ0n) is 16.8. The van der Waals surface area contributed by atoms with E-state index in [1.165, 1.54) is 24.0 Å². The van der Waals surface area contributed by atoms with Gasteiger partial charge in [-0.25, -0.2) is 0 Å². The van der Waals surface area contributed by atoms with Gasteiger partial charge in [0.05, 0.1) is 11.8 Å². The topological polar surface area (TPSA) is 74.0 Å². The van der Waals surface area contributed by atoms with E-state index in [0.29, 0.717) is 11.4 Å². The van der Waals surface area contributed by atoms with E-state index in [1.54, 1.807) is 19.1 Å². The van der Waals surface area contributed by atoms with Crippen molar-refractivity contribution in [2.24, 2.45) is 5.92 Å². The third-order valence-corrected chi connectivity index (χ3v) is 5.92. The van der Waals surface area contributed by atoms with Gasteiger partial charge in [-0.15, -0.1) is 0 Å². The smallest absolute Gasteiger partial charge is 0.294 e. The highest BCUT2D eigenvalue weighted by molar-refractivity contribution is 6.16. The second kappa shape index (κ2) is 7.78. The van der Waals surface area contributed by atoms with Crippen molar-refractivity contribution in [2.45, 2.75) is 39.2 Å². The zero-order chi connectivity index (χ0) is 20.5. The number of hydrogen-bond acceptors (Lipinski definition) is 5. The molecule has 1 fully saturated rings. The minimum Gasteiger partial charge on any atom is -0.503 e. The molecule has 0 aliphatic carbocycles. The molecule has 1 aromatic heterocycles. The molecule has 1 atom stereocenters. The molecule has 1 saturated heterocycles. The summed E-state index contributed by atoms with van der Waals surface area (Å²) in [7, 11) is 0. The third kappa shape index (κ3) is 3.43. The van der Waals surface area contributed by atoms with E-state index in [9.17, 15) is 14.7 Å². The third-order valence-electron chi connectivity index (χ3n) is 5.92. The number of anilines is 2. The number of Topliss-reactive ketones (excluding diaryl/α,β-unsaturated/α-hetero) is 1. The molecule has 1 unspecified atom stereocenters.